The molecule has 3 rings (SSSR count). The Labute approximate surface area is 100 Å². The summed E-state index contributed by atoms with van der Waals surface area (Å²) in [7, 11) is 0. The molecule has 0 aliphatic heterocycles. The van der Waals surface area contributed by atoms with Crippen LogP contribution in [0, 0.1) is 11.3 Å². The first-order valence-electron chi connectivity index (χ1n) is 5.81. The monoisotopic (exact) mass is 231 g/mol. The summed E-state index contributed by atoms with van der Waals surface area (Å²) < 4.78 is 1.35. The van der Waals surface area contributed by atoms with Crippen molar-refractivity contribution in [2.24, 2.45) is 17.1 Å². The lowest BCUT2D eigenvalue weighted by atomic mass is 9.97. The van der Waals surface area contributed by atoms with Crippen LogP contribution in [0.5, 0.6) is 0 Å². The minimum Gasteiger partial charge on any atom is -0.324 e. The van der Waals surface area contributed by atoms with Gasteiger partial charge in [0.15, 0.2) is 0 Å². The molecule has 2 unspecified atom stereocenters. The highest BCUT2D eigenvalue weighted by Crippen LogP contribution is 2.57. The standard InChI is InChI=1S/C14H17NS/c1-14(2)7-11(14)13(15)10-8-16-12-6-4-3-5-9(10)12/h3-6,8,11,13H,7,15H2,1-2H3. The summed E-state index contributed by atoms with van der Waals surface area (Å²) in [6, 6.07) is 8.77. The van der Waals surface area contributed by atoms with Gasteiger partial charge in [0.2, 0.25) is 0 Å². The Bertz CT molecular complexity index is 526. The van der Waals surface area contributed by atoms with Crippen molar-refractivity contribution < 1.29 is 0 Å². The number of thiophene rings is 1. The van der Waals surface area contributed by atoms with Crippen molar-refractivity contribution in [3.63, 3.8) is 0 Å². The SMILES string of the molecule is CC1(C)CC1C(N)c1csc2ccccc12. The highest BCUT2D eigenvalue weighted by Gasteiger charge is 2.49. The minimum absolute atomic E-state index is 0.214. The minimum atomic E-state index is 0.214. The Morgan fingerprint density at radius 2 is 2.06 bits per heavy atom. The molecule has 2 atom stereocenters. The van der Waals surface area contributed by atoms with Gasteiger partial charge in [0.1, 0.15) is 0 Å². The predicted octanol–water partition coefficient (Wildman–Crippen LogP) is 3.95. The van der Waals surface area contributed by atoms with Crippen LogP contribution in [0.3, 0.4) is 0 Å². The first-order chi connectivity index (χ1) is 7.59. The Morgan fingerprint density at radius 3 is 2.75 bits per heavy atom. The lowest BCUT2D eigenvalue weighted by molar-refractivity contribution is 0.494. The highest BCUT2D eigenvalue weighted by molar-refractivity contribution is 7.17. The lowest BCUT2D eigenvalue weighted by Gasteiger charge is -2.12. The molecule has 2 aromatic rings. The van der Waals surface area contributed by atoms with Crippen molar-refractivity contribution in [3.05, 3.63) is 35.2 Å². The summed E-state index contributed by atoms with van der Waals surface area (Å²) >= 11 is 1.81. The van der Waals surface area contributed by atoms with E-state index in [2.05, 4.69) is 43.5 Å². The van der Waals surface area contributed by atoms with Crippen LogP contribution in [-0.2, 0) is 0 Å². The van der Waals surface area contributed by atoms with Gasteiger partial charge in [0, 0.05) is 10.7 Å². The maximum Gasteiger partial charge on any atom is 0.0346 e. The predicted molar refractivity (Wildman–Crippen MR) is 70.6 cm³/mol. The molecule has 1 fully saturated rings. The zero-order chi connectivity index (χ0) is 11.3. The first-order valence-corrected chi connectivity index (χ1v) is 6.69. The van der Waals surface area contributed by atoms with E-state index in [9.17, 15) is 0 Å². The normalized spacial score (nSPS) is 24.6. The molecule has 0 radical (unpaired) electrons. The number of benzene rings is 1. The van der Waals surface area contributed by atoms with Gasteiger partial charge in [-0.2, -0.15) is 0 Å². The Hall–Kier alpha value is -0.860. The molecule has 0 amide bonds. The van der Waals surface area contributed by atoms with Crippen LogP contribution in [0.1, 0.15) is 31.9 Å². The van der Waals surface area contributed by atoms with E-state index in [0.29, 0.717) is 11.3 Å². The Balaban J connectivity index is 2.00. The van der Waals surface area contributed by atoms with E-state index in [1.165, 1.54) is 22.1 Å². The third-order valence-electron chi connectivity index (χ3n) is 3.89. The maximum atomic E-state index is 6.39. The van der Waals surface area contributed by atoms with Gasteiger partial charge in [-0.3, -0.25) is 0 Å². The smallest absolute Gasteiger partial charge is 0.0346 e. The Kier molecular flexibility index (Phi) is 2.13. The zero-order valence-corrected chi connectivity index (χ0v) is 10.6. The number of hydrogen-bond donors (Lipinski definition) is 1. The molecule has 16 heavy (non-hydrogen) atoms. The molecular formula is C14H17NS. The second-order valence-corrected chi connectivity index (χ2v) is 6.42. The number of nitrogens with two attached hydrogens (primary N) is 1. The molecule has 1 saturated carbocycles. The summed E-state index contributed by atoms with van der Waals surface area (Å²) in [6.07, 6.45) is 1.26. The van der Waals surface area contributed by atoms with Crippen LogP contribution in [0.25, 0.3) is 10.1 Å². The molecule has 1 nitrogen and oxygen atoms in total. The van der Waals surface area contributed by atoms with Gasteiger partial charge in [0.25, 0.3) is 0 Å². The molecule has 1 aliphatic rings. The van der Waals surface area contributed by atoms with Gasteiger partial charge in [-0.15, -0.1) is 11.3 Å². The van der Waals surface area contributed by atoms with Crippen molar-refractivity contribution in [1.82, 2.24) is 0 Å². The van der Waals surface area contributed by atoms with Gasteiger partial charge < -0.3 is 5.73 Å². The molecule has 1 heterocycles. The van der Waals surface area contributed by atoms with E-state index < -0.39 is 0 Å². The van der Waals surface area contributed by atoms with Crippen molar-refractivity contribution in [1.29, 1.82) is 0 Å². The third kappa shape index (κ3) is 1.48. The van der Waals surface area contributed by atoms with Crippen LogP contribution in [0.15, 0.2) is 29.6 Å². The average molecular weight is 231 g/mol. The number of fused-ring (bicyclic) bond motifs is 1. The van der Waals surface area contributed by atoms with Crippen molar-refractivity contribution in [3.8, 4) is 0 Å². The summed E-state index contributed by atoms with van der Waals surface area (Å²) in [6.45, 7) is 4.62. The number of rotatable bonds is 2. The van der Waals surface area contributed by atoms with Gasteiger partial charge in [-0.25, -0.2) is 0 Å². The summed E-state index contributed by atoms with van der Waals surface area (Å²) in [4.78, 5) is 0. The zero-order valence-electron chi connectivity index (χ0n) is 9.73. The lowest BCUT2D eigenvalue weighted by Crippen LogP contribution is -2.14. The molecule has 1 aliphatic carbocycles. The fourth-order valence-corrected chi connectivity index (χ4v) is 3.60. The van der Waals surface area contributed by atoms with E-state index >= 15 is 0 Å². The van der Waals surface area contributed by atoms with Crippen molar-refractivity contribution in [2.45, 2.75) is 26.3 Å². The fraction of sp³-hybridized carbons (Fsp3) is 0.429. The van der Waals surface area contributed by atoms with E-state index in [0.717, 1.165) is 0 Å². The quantitative estimate of drug-likeness (QED) is 0.832. The second-order valence-electron chi connectivity index (χ2n) is 5.51. The third-order valence-corrected chi connectivity index (χ3v) is 4.87. The molecule has 1 aromatic carbocycles. The van der Waals surface area contributed by atoms with Gasteiger partial charge in [0.05, 0.1) is 0 Å². The summed E-state index contributed by atoms with van der Waals surface area (Å²) in [5.74, 6) is 0.658. The molecule has 1 aromatic heterocycles. The van der Waals surface area contributed by atoms with Crippen molar-refractivity contribution in [2.75, 3.05) is 0 Å². The molecular weight excluding hydrogens is 214 g/mol. The van der Waals surface area contributed by atoms with E-state index in [1.807, 2.05) is 11.3 Å². The van der Waals surface area contributed by atoms with Gasteiger partial charge >= 0.3 is 0 Å². The van der Waals surface area contributed by atoms with E-state index in [1.54, 1.807) is 0 Å². The first kappa shape index (κ1) is 10.3. The molecule has 2 heteroatoms. The fourth-order valence-electron chi connectivity index (χ4n) is 2.59. The molecule has 0 spiro atoms. The molecule has 2 N–H and O–H groups in total. The summed E-state index contributed by atoms with van der Waals surface area (Å²) in [5.41, 5.74) is 8.18. The molecule has 84 valence electrons. The van der Waals surface area contributed by atoms with Crippen LogP contribution in [-0.4, -0.2) is 0 Å². The van der Waals surface area contributed by atoms with Crippen LogP contribution >= 0.6 is 11.3 Å². The van der Waals surface area contributed by atoms with E-state index in [-0.39, 0.29) is 6.04 Å². The van der Waals surface area contributed by atoms with Crippen LogP contribution in [0.2, 0.25) is 0 Å². The van der Waals surface area contributed by atoms with Crippen LogP contribution in [0.4, 0.5) is 0 Å². The highest BCUT2D eigenvalue weighted by atomic mass is 32.1. The largest absolute Gasteiger partial charge is 0.324 e. The van der Waals surface area contributed by atoms with Gasteiger partial charge in [-0.05, 0) is 40.1 Å². The summed E-state index contributed by atoms with van der Waals surface area (Å²) in [5, 5.41) is 3.59. The van der Waals surface area contributed by atoms with Crippen molar-refractivity contribution >= 4 is 21.4 Å². The average Bonchev–Trinajstić information content (AvgIpc) is 2.74. The van der Waals surface area contributed by atoms with Crippen LogP contribution < -0.4 is 5.73 Å². The molecule has 0 bridgehead atoms. The maximum absolute atomic E-state index is 6.39. The topological polar surface area (TPSA) is 26.0 Å². The molecule has 0 saturated heterocycles. The van der Waals surface area contributed by atoms with Gasteiger partial charge in [-0.1, -0.05) is 32.0 Å². The van der Waals surface area contributed by atoms with E-state index in [4.69, 9.17) is 5.73 Å². The number of hydrogen-bond acceptors (Lipinski definition) is 2. The Morgan fingerprint density at radius 1 is 1.38 bits per heavy atom. The second kappa shape index (κ2) is 3.31.